The Balaban J connectivity index is 2.19. The molecule has 1 atom stereocenters. The van der Waals surface area contributed by atoms with Crippen LogP contribution in [-0.2, 0) is 32.2 Å². The fourth-order valence-corrected chi connectivity index (χ4v) is 5.06. The molecule has 0 saturated carbocycles. The second-order valence-corrected chi connectivity index (χ2v) is 10.9. The maximum Gasteiger partial charge on any atom is 0.416 e. The first-order valence-corrected chi connectivity index (χ1v) is 14.5. The van der Waals surface area contributed by atoms with Gasteiger partial charge in [0, 0.05) is 26.1 Å². The summed E-state index contributed by atoms with van der Waals surface area (Å²) in [6.45, 7) is 4.34. The van der Waals surface area contributed by atoms with Gasteiger partial charge in [0.05, 0.1) is 17.5 Å². The van der Waals surface area contributed by atoms with Crippen LogP contribution in [0.2, 0.25) is 0 Å². The summed E-state index contributed by atoms with van der Waals surface area (Å²) in [7, 11) is -3.91. The van der Waals surface area contributed by atoms with Crippen molar-refractivity contribution in [3.63, 3.8) is 0 Å². The second-order valence-electron chi connectivity index (χ2n) is 9.02. The summed E-state index contributed by atoms with van der Waals surface area (Å²) in [6, 6.07) is 12.9. The van der Waals surface area contributed by atoms with Crippen molar-refractivity contribution in [3.05, 3.63) is 65.7 Å². The number of anilines is 1. The molecule has 1 N–H and O–H groups in total. The third kappa shape index (κ3) is 9.34. The SMILES string of the molecule is CCCNC(=O)C(CC)N(CCc1ccccc1)C(=O)CCCN(c1cccc(C(F)(F)F)c1)S(C)(=O)=O. The maximum absolute atomic E-state index is 13.3. The topological polar surface area (TPSA) is 86.8 Å². The predicted molar refractivity (Wildman–Crippen MR) is 142 cm³/mol. The molecule has 0 spiro atoms. The average Bonchev–Trinajstić information content (AvgIpc) is 2.87. The van der Waals surface area contributed by atoms with Gasteiger partial charge in [-0.15, -0.1) is 0 Å². The molecule has 210 valence electrons. The third-order valence-electron chi connectivity index (χ3n) is 6.03. The first kappa shape index (κ1) is 31.1. The zero-order chi connectivity index (χ0) is 28.3. The van der Waals surface area contributed by atoms with Crippen molar-refractivity contribution in [2.75, 3.05) is 30.2 Å². The lowest BCUT2D eigenvalue weighted by Gasteiger charge is -2.31. The van der Waals surface area contributed by atoms with E-state index in [1.54, 1.807) is 0 Å². The van der Waals surface area contributed by atoms with Crippen molar-refractivity contribution in [2.45, 2.75) is 58.2 Å². The molecule has 7 nitrogen and oxygen atoms in total. The quantitative estimate of drug-likeness (QED) is 0.368. The molecule has 0 heterocycles. The normalized spacial score (nSPS) is 12.6. The van der Waals surface area contributed by atoms with Gasteiger partial charge in [0.25, 0.3) is 0 Å². The molecular formula is C27H36F3N3O4S. The molecule has 0 bridgehead atoms. The number of hydrogen-bond donors (Lipinski definition) is 1. The van der Waals surface area contributed by atoms with Crippen molar-refractivity contribution in [3.8, 4) is 0 Å². The number of benzene rings is 2. The highest BCUT2D eigenvalue weighted by Gasteiger charge is 2.32. The van der Waals surface area contributed by atoms with Gasteiger partial charge in [0.2, 0.25) is 21.8 Å². The zero-order valence-electron chi connectivity index (χ0n) is 22.0. The fraction of sp³-hybridized carbons (Fsp3) is 0.481. The van der Waals surface area contributed by atoms with E-state index in [0.29, 0.717) is 25.9 Å². The highest BCUT2D eigenvalue weighted by Crippen LogP contribution is 2.32. The van der Waals surface area contributed by atoms with Crippen molar-refractivity contribution >= 4 is 27.5 Å². The maximum atomic E-state index is 13.3. The number of sulfonamides is 1. The van der Waals surface area contributed by atoms with Crippen LogP contribution in [0.15, 0.2) is 54.6 Å². The minimum Gasteiger partial charge on any atom is -0.354 e. The number of carbonyl (C=O) groups excluding carboxylic acids is 2. The molecular weight excluding hydrogens is 519 g/mol. The molecule has 2 aromatic rings. The Kier molecular flexibility index (Phi) is 11.6. The number of nitrogens with one attached hydrogen (secondary N) is 1. The van der Waals surface area contributed by atoms with Gasteiger partial charge >= 0.3 is 6.18 Å². The van der Waals surface area contributed by atoms with Crippen LogP contribution in [0, 0.1) is 0 Å². The largest absolute Gasteiger partial charge is 0.416 e. The van der Waals surface area contributed by atoms with Crippen molar-refractivity contribution in [1.82, 2.24) is 10.2 Å². The van der Waals surface area contributed by atoms with E-state index in [9.17, 15) is 31.2 Å². The van der Waals surface area contributed by atoms with Gasteiger partial charge in [-0.3, -0.25) is 13.9 Å². The smallest absolute Gasteiger partial charge is 0.354 e. The minimum atomic E-state index is -4.62. The van der Waals surface area contributed by atoms with Crippen LogP contribution in [0.5, 0.6) is 0 Å². The molecule has 0 saturated heterocycles. The van der Waals surface area contributed by atoms with E-state index in [2.05, 4.69) is 5.32 Å². The van der Waals surface area contributed by atoms with Crippen LogP contribution >= 0.6 is 0 Å². The average molecular weight is 556 g/mol. The zero-order valence-corrected chi connectivity index (χ0v) is 22.8. The highest BCUT2D eigenvalue weighted by atomic mass is 32.2. The van der Waals surface area contributed by atoms with Gasteiger partial charge in [-0.25, -0.2) is 8.42 Å². The van der Waals surface area contributed by atoms with E-state index in [4.69, 9.17) is 0 Å². The number of amides is 2. The van der Waals surface area contributed by atoms with E-state index >= 15 is 0 Å². The lowest BCUT2D eigenvalue weighted by molar-refractivity contribution is -0.140. The molecule has 1 unspecified atom stereocenters. The van der Waals surface area contributed by atoms with Crippen LogP contribution in [0.4, 0.5) is 18.9 Å². The minimum absolute atomic E-state index is 0.0665. The Morgan fingerprint density at radius 2 is 1.68 bits per heavy atom. The number of carbonyl (C=O) groups is 2. The summed E-state index contributed by atoms with van der Waals surface area (Å²) < 4.78 is 65.2. The second kappa shape index (κ2) is 14.2. The van der Waals surface area contributed by atoms with Crippen molar-refractivity contribution in [2.24, 2.45) is 0 Å². The molecule has 0 aromatic heterocycles. The third-order valence-corrected chi connectivity index (χ3v) is 7.23. The van der Waals surface area contributed by atoms with Crippen molar-refractivity contribution in [1.29, 1.82) is 0 Å². The summed E-state index contributed by atoms with van der Waals surface area (Å²) in [5, 5.41) is 2.84. The number of hydrogen-bond acceptors (Lipinski definition) is 4. The lowest BCUT2D eigenvalue weighted by Crippen LogP contribution is -2.50. The van der Waals surface area contributed by atoms with Gasteiger partial charge in [-0.1, -0.05) is 50.2 Å². The Bertz CT molecular complexity index is 1160. The highest BCUT2D eigenvalue weighted by molar-refractivity contribution is 7.92. The summed E-state index contributed by atoms with van der Waals surface area (Å²) >= 11 is 0. The van der Waals surface area contributed by atoms with Crippen LogP contribution in [-0.4, -0.2) is 57.1 Å². The predicted octanol–water partition coefficient (Wildman–Crippen LogP) is 4.63. The van der Waals surface area contributed by atoms with Gasteiger partial charge in [0.1, 0.15) is 6.04 Å². The van der Waals surface area contributed by atoms with E-state index in [-0.39, 0.29) is 36.9 Å². The van der Waals surface area contributed by atoms with Gasteiger partial charge in [-0.05, 0) is 49.4 Å². The molecule has 0 radical (unpaired) electrons. The molecule has 0 aliphatic carbocycles. The van der Waals surface area contributed by atoms with Crippen LogP contribution in [0.3, 0.4) is 0 Å². The van der Waals surface area contributed by atoms with Gasteiger partial charge < -0.3 is 10.2 Å². The standard InChI is InChI=1S/C27H36F3N3O4S/c1-4-17-31-26(35)24(5-2)32(19-16-21-11-7-6-8-12-21)25(34)15-10-18-33(38(3,36)37)23-14-9-13-22(20-23)27(28,29)30/h6-9,11-14,20,24H,4-5,10,15-19H2,1-3H3,(H,31,35). The molecule has 2 amide bonds. The van der Waals surface area contributed by atoms with E-state index in [1.165, 1.54) is 11.0 Å². The fourth-order valence-electron chi connectivity index (χ4n) is 4.10. The van der Waals surface area contributed by atoms with Crippen LogP contribution in [0.1, 0.15) is 50.7 Å². The van der Waals surface area contributed by atoms with E-state index in [1.807, 2.05) is 44.2 Å². The van der Waals surface area contributed by atoms with Crippen molar-refractivity contribution < 1.29 is 31.2 Å². The number of rotatable bonds is 14. The molecule has 0 aliphatic rings. The Hall–Kier alpha value is -3.08. The summed E-state index contributed by atoms with van der Waals surface area (Å²) in [6.07, 6.45) is -2.04. The molecule has 2 rings (SSSR count). The molecule has 11 heteroatoms. The Morgan fingerprint density at radius 3 is 2.26 bits per heavy atom. The Morgan fingerprint density at radius 1 is 1.00 bits per heavy atom. The number of nitrogens with zero attached hydrogens (tertiary/aromatic N) is 2. The number of alkyl halides is 3. The molecule has 2 aromatic carbocycles. The van der Waals surface area contributed by atoms with E-state index in [0.717, 1.165) is 40.7 Å². The van der Waals surface area contributed by atoms with Crippen LogP contribution < -0.4 is 9.62 Å². The molecule has 0 fully saturated rings. The molecule has 0 aliphatic heterocycles. The monoisotopic (exact) mass is 555 g/mol. The summed E-state index contributed by atoms with van der Waals surface area (Å²) in [5.74, 6) is -0.575. The van der Waals surface area contributed by atoms with Gasteiger partial charge in [-0.2, -0.15) is 13.2 Å². The van der Waals surface area contributed by atoms with Crippen LogP contribution in [0.25, 0.3) is 0 Å². The summed E-state index contributed by atoms with van der Waals surface area (Å²) in [4.78, 5) is 27.7. The van der Waals surface area contributed by atoms with E-state index < -0.39 is 27.8 Å². The lowest BCUT2D eigenvalue weighted by atomic mass is 10.1. The first-order valence-electron chi connectivity index (χ1n) is 12.6. The Labute approximate surface area is 223 Å². The number of halogens is 3. The molecule has 38 heavy (non-hydrogen) atoms. The first-order chi connectivity index (χ1) is 17.9. The summed E-state index contributed by atoms with van der Waals surface area (Å²) in [5.41, 5.74) is -0.0845. The van der Waals surface area contributed by atoms with Gasteiger partial charge in [0.15, 0.2) is 0 Å².